The smallest absolute Gasteiger partial charge is 0.410 e. The van der Waals surface area contributed by atoms with E-state index in [4.69, 9.17) is 9.47 Å². The van der Waals surface area contributed by atoms with Gasteiger partial charge in [-0.3, -0.25) is 0 Å². The number of likely N-dealkylation sites (tertiary alicyclic amines) is 1. The van der Waals surface area contributed by atoms with Gasteiger partial charge in [0, 0.05) is 19.7 Å². The molecule has 0 bridgehead atoms. The third-order valence-corrected chi connectivity index (χ3v) is 4.39. The second kappa shape index (κ2) is 8.68. The predicted molar refractivity (Wildman–Crippen MR) is 97.3 cm³/mol. The molecular weight excluding hydrogens is 318 g/mol. The van der Waals surface area contributed by atoms with Crippen molar-refractivity contribution in [3.63, 3.8) is 0 Å². The molecular formula is C20H31NO4. The SMILES string of the molecule is CC(C)(C)OC(=O)N1CCC(O)(CCCOCc2ccccc2)CC1. The van der Waals surface area contributed by atoms with Crippen molar-refractivity contribution >= 4 is 6.09 Å². The number of nitrogens with zero attached hydrogens (tertiary/aromatic N) is 1. The molecule has 5 heteroatoms. The largest absolute Gasteiger partial charge is 0.444 e. The lowest BCUT2D eigenvalue weighted by Gasteiger charge is -2.38. The molecule has 5 nitrogen and oxygen atoms in total. The third-order valence-electron chi connectivity index (χ3n) is 4.39. The molecule has 25 heavy (non-hydrogen) atoms. The highest BCUT2D eigenvalue weighted by atomic mass is 16.6. The van der Waals surface area contributed by atoms with Crippen LogP contribution in [0.4, 0.5) is 4.79 Å². The first-order chi connectivity index (χ1) is 11.8. The Morgan fingerprint density at radius 3 is 2.44 bits per heavy atom. The van der Waals surface area contributed by atoms with E-state index in [0.29, 0.717) is 45.6 Å². The Bertz CT molecular complexity index is 530. The molecule has 1 saturated heterocycles. The normalized spacial score (nSPS) is 17.4. The van der Waals surface area contributed by atoms with Crippen LogP contribution in [-0.4, -0.2) is 47.0 Å². The molecule has 1 amide bonds. The van der Waals surface area contributed by atoms with Crippen LogP contribution in [0.3, 0.4) is 0 Å². The number of piperidine rings is 1. The van der Waals surface area contributed by atoms with Gasteiger partial charge in [-0.25, -0.2) is 4.79 Å². The number of aliphatic hydroxyl groups is 1. The number of amides is 1. The van der Waals surface area contributed by atoms with E-state index in [-0.39, 0.29) is 6.09 Å². The van der Waals surface area contributed by atoms with Gasteiger partial charge in [-0.05, 0) is 52.0 Å². The number of rotatable bonds is 6. The molecule has 2 rings (SSSR count). The molecule has 1 heterocycles. The zero-order valence-electron chi connectivity index (χ0n) is 15.7. The maximum Gasteiger partial charge on any atom is 0.410 e. The summed E-state index contributed by atoms with van der Waals surface area (Å²) in [7, 11) is 0. The topological polar surface area (TPSA) is 59.0 Å². The Kier molecular flexibility index (Phi) is 6.85. The van der Waals surface area contributed by atoms with Crippen molar-refractivity contribution in [1.29, 1.82) is 0 Å². The van der Waals surface area contributed by atoms with E-state index in [9.17, 15) is 9.90 Å². The van der Waals surface area contributed by atoms with Crippen LogP contribution in [-0.2, 0) is 16.1 Å². The molecule has 140 valence electrons. The minimum atomic E-state index is -0.700. The highest BCUT2D eigenvalue weighted by molar-refractivity contribution is 5.68. The van der Waals surface area contributed by atoms with Gasteiger partial charge in [0.2, 0.25) is 0 Å². The number of hydrogen-bond donors (Lipinski definition) is 1. The first kappa shape index (κ1) is 19.7. The van der Waals surface area contributed by atoms with Crippen LogP contribution >= 0.6 is 0 Å². The molecule has 1 aromatic carbocycles. The van der Waals surface area contributed by atoms with E-state index in [1.54, 1.807) is 4.90 Å². The van der Waals surface area contributed by atoms with Gasteiger partial charge in [0.15, 0.2) is 0 Å². The quantitative estimate of drug-likeness (QED) is 0.795. The van der Waals surface area contributed by atoms with Crippen molar-refractivity contribution in [2.75, 3.05) is 19.7 Å². The predicted octanol–water partition coefficient (Wildman–Crippen LogP) is 3.75. The Labute approximate surface area is 150 Å². The van der Waals surface area contributed by atoms with Gasteiger partial charge in [-0.1, -0.05) is 30.3 Å². The summed E-state index contributed by atoms with van der Waals surface area (Å²) in [5.74, 6) is 0. The lowest BCUT2D eigenvalue weighted by atomic mass is 9.87. The molecule has 1 aromatic rings. The van der Waals surface area contributed by atoms with Gasteiger partial charge in [0.1, 0.15) is 5.60 Å². The Hall–Kier alpha value is -1.59. The van der Waals surface area contributed by atoms with E-state index in [1.165, 1.54) is 0 Å². The van der Waals surface area contributed by atoms with E-state index in [2.05, 4.69) is 0 Å². The zero-order chi connectivity index (χ0) is 18.3. The van der Waals surface area contributed by atoms with Crippen LogP contribution in [0, 0.1) is 0 Å². The minimum Gasteiger partial charge on any atom is -0.444 e. The maximum absolute atomic E-state index is 12.1. The summed E-state index contributed by atoms with van der Waals surface area (Å²) in [5.41, 5.74) is -0.0258. The fourth-order valence-electron chi connectivity index (χ4n) is 2.95. The van der Waals surface area contributed by atoms with Crippen LogP contribution in [0.5, 0.6) is 0 Å². The molecule has 1 aliphatic heterocycles. The first-order valence-corrected chi connectivity index (χ1v) is 9.09. The zero-order valence-corrected chi connectivity index (χ0v) is 15.7. The minimum absolute atomic E-state index is 0.291. The van der Waals surface area contributed by atoms with Crippen molar-refractivity contribution in [3.05, 3.63) is 35.9 Å². The summed E-state index contributed by atoms with van der Waals surface area (Å²) in [5, 5.41) is 10.7. The van der Waals surface area contributed by atoms with Crippen LogP contribution in [0.25, 0.3) is 0 Å². The van der Waals surface area contributed by atoms with Crippen LogP contribution in [0.15, 0.2) is 30.3 Å². The summed E-state index contributed by atoms with van der Waals surface area (Å²) >= 11 is 0. The van der Waals surface area contributed by atoms with Crippen LogP contribution < -0.4 is 0 Å². The molecule has 0 unspecified atom stereocenters. The van der Waals surface area contributed by atoms with E-state index < -0.39 is 11.2 Å². The summed E-state index contributed by atoms with van der Waals surface area (Å²) in [6, 6.07) is 10.1. The van der Waals surface area contributed by atoms with Crippen LogP contribution in [0.2, 0.25) is 0 Å². The fourth-order valence-corrected chi connectivity index (χ4v) is 2.95. The summed E-state index contributed by atoms with van der Waals surface area (Å²) in [6.07, 6.45) is 2.40. The van der Waals surface area contributed by atoms with Gasteiger partial charge < -0.3 is 19.5 Å². The van der Waals surface area contributed by atoms with Gasteiger partial charge in [0.05, 0.1) is 12.2 Å². The Morgan fingerprint density at radius 1 is 1.20 bits per heavy atom. The van der Waals surface area contributed by atoms with E-state index in [1.807, 2.05) is 51.1 Å². The molecule has 1 aliphatic rings. The second-order valence-electron chi connectivity index (χ2n) is 7.83. The number of carbonyl (C=O) groups excluding carboxylic acids is 1. The second-order valence-corrected chi connectivity index (χ2v) is 7.83. The van der Waals surface area contributed by atoms with E-state index >= 15 is 0 Å². The lowest BCUT2D eigenvalue weighted by molar-refractivity contribution is -0.0414. The lowest BCUT2D eigenvalue weighted by Crippen LogP contribution is -2.48. The molecule has 0 spiro atoms. The third kappa shape index (κ3) is 7.04. The van der Waals surface area contributed by atoms with Gasteiger partial charge in [-0.2, -0.15) is 0 Å². The van der Waals surface area contributed by atoms with Crippen molar-refractivity contribution in [2.45, 2.75) is 64.3 Å². The Balaban J connectivity index is 1.64. The van der Waals surface area contributed by atoms with Gasteiger partial charge >= 0.3 is 6.09 Å². The molecule has 1 fully saturated rings. The number of hydrogen-bond acceptors (Lipinski definition) is 4. The first-order valence-electron chi connectivity index (χ1n) is 9.09. The number of benzene rings is 1. The molecule has 0 atom stereocenters. The fraction of sp³-hybridized carbons (Fsp3) is 0.650. The van der Waals surface area contributed by atoms with Crippen molar-refractivity contribution in [1.82, 2.24) is 4.90 Å². The monoisotopic (exact) mass is 349 g/mol. The van der Waals surface area contributed by atoms with Crippen molar-refractivity contribution < 1.29 is 19.4 Å². The highest BCUT2D eigenvalue weighted by Crippen LogP contribution is 2.27. The average molecular weight is 349 g/mol. The van der Waals surface area contributed by atoms with E-state index in [0.717, 1.165) is 12.0 Å². The number of carbonyl (C=O) groups is 1. The highest BCUT2D eigenvalue weighted by Gasteiger charge is 2.34. The molecule has 1 N–H and O–H groups in total. The maximum atomic E-state index is 12.1. The molecule has 0 aromatic heterocycles. The van der Waals surface area contributed by atoms with Crippen LogP contribution in [0.1, 0.15) is 52.0 Å². The summed E-state index contributed by atoms with van der Waals surface area (Å²) < 4.78 is 11.1. The summed E-state index contributed by atoms with van der Waals surface area (Å²) in [4.78, 5) is 13.7. The standard InChI is InChI=1S/C20H31NO4/c1-19(2,3)25-18(22)21-13-11-20(23,12-14-21)10-7-15-24-16-17-8-5-4-6-9-17/h4-6,8-9,23H,7,10-16H2,1-3H3. The number of ether oxygens (including phenoxy) is 2. The van der Waals surface area contributed by atoms with Crippen molar-refractivity contribution in [2.24, 2.45) is 0 Å². The van der Waals surface area contributed by atoms with Crippen molar-refractivity contribution in [3.8, 4) is 0 Å². The van der Waals surface area contributed by atoms with Gasteiger partial charge in [-0.15, -0.1) is 0 Å². The van der Waals surface area contributed by atoms with Gasteiger partial charge in [0.25, 0.3) is 0 Å². The molecule has 0 radical (unpaired) electrons. The summed E-state index contributed by atoms with van der Waals surface area (Å²) in [6.45, 7) is 7.90. The average Bonchev–Trinajstić information content (AvgIpc) is 2.54. The molecule has 0 saturated carbocycles. The molecule has 0 aliphatic carbocycles. The Morgan fingerprint density at radius 2 is 1.84 bits per heavy atom.